The van der Waals surface area contributed by atoms with Crippen LogP contribution in [-0.4, -0.2) is 26.8 Å². The van der Waals surface area contributed by atoms with Gasteiger partial charge in [-0.3, -0.25) is 9.59 Å². The van der Waals surface area contributed by atoms with Crippen LogP contribution in [0.3, 0.4) is 0 Å². The Morgan fingerprint density at radius 3 is 2.12 bits per heavy atom. The van der Waals surface area contributed by atoms with Crippen molar-refractivity contribution in [2.45, 2.75) is 11.4 Å². The summed E-state index contributed by atoms with van der Waals surface area (Å²) >= 11 is 3.28. The smallest absolute Gasteiger partial charge is 0.251 e. The van der Waals surface area contributed by atoms with Gasteiger partial charge in [-0.25, -0.2) is 13.6 Å². The van der Waals surface area contributed by atoms with Crippen LogP contribution in [0.4, 0.5) is 0 Å². The zero-order chi connectivity index (χ0) is 18.4. The van der Waals surface area contributed by atoms with E-state index in [2.05, 4.69) is 26.6 Å². The van der Waals surface area contributed by atoms with E-state index in [0.717, 1.165) is 4.47 Å². The van der Waals surface area contributed by atoms with Crippen molar-refractivity contribution in [2.24, 2.45) is 5.14 Å². The van der Waals surface area contributed by atoms with Crippen molar-refractivity contribution >= 4 is 37.8 Å². The van der Waals surface area contributed by atoms with Gasteiger partial charge < -0.3 is 10.6 Å². The molecule has 0 atom stereocenters. The van der Waals surface area contributed by atoms with Gasteiger partial charge >= 0.3 is 0 Å². The summed E-state index contributed by atoms with van der Waals surface area (Å²) in [5, 5.41) is 10.2. The third-order valence-corrected chi connectivity index (χ3v) is 4.72. The molecule has 0 aliphatic rings. The molecule has 2 amide bonds. The van der Waals surface area contributed by atoms with Crippen molar-refractivity contribution in [3.63, 3.8) is 0 Å². The molecule has 9 heteroatoms. The molecule has 0 saturated heterocycles. The van der Waals surface area contributed by atoms with E-state index in [1.807, 2.05) is 0 Å². The van der Waals surface area contributed by atoms with Crippen molar-refractivity contribution in [1.29, 1.82) is 0 Å². The van der Waals surface area contributed by atoms with Crippen LogP contribution in [0.5, 0.6) is 0 Å². The fraction of sp³-hybridized carbons (Fsp3) is 0.125. The normalized spacial score (nSPS) is 11.0. The predicted molar refractivity (Wildman–Crippen MR) is 96.1 cm³/mol. The molecule has 4 N–H and O–H groups in total. The second-order valence-corrected chi connectivity index (χ2v) is 7.63. The third-order valence-electron chi connectivity index (χ3n) is 3.26. The molecule has 0 bridgehead atoms. The Balaban J connectivity index is 1.80. The van der Waals surface area contributed by atoms with Gasteiger partial charge in [-0.1, -0.05) is 28.1 Å². The quantitative estimate of drug-likeness (QED) is 0.642. The summed E-state index contributed by atoms with van der Waals surface area (Å²) in [6.45, 7) is 0.0437. The van der Waals surface area contributed by atoms with E-state index in [-0.39, 0.29) is 29.8 Å². The number of nitrogens with two attached hydrogens (primary N) is 1. The lowest BCUT2D eigenvalue weighted by molar-refractivity contribution is -0.120. The first-order valence-corrected chi connectivity index (χ1v) is 9.52. The minimum absolute atomic E-state index is 0.00402. The maximum Gasteiger partial charge on any atom is 0.251 e. The minimum atomic E-state index is -3.74. The monoisotopic (exact) mass is 425 g/mol. The molecule has 0 heterocycles. The van der Waals surface area contributed by atoms with Gasteiger partial charge in [0.15, 0.2) is 0 Å². The number of amides is 2. The van der Waals surface area contributed by atoms with Crippen molar-refractivity contribution < 1.29 is 18.0 Å². The second kappa shape index (κ2) is 8.24. The Bertz CT molecular complexity index is 865. The van der Waals surface area contributed by atoms with Crippen LogP contribution in [0, 0.1) is 0 Å². The summed E-state index contributed by atoms with van der Waals surface area (Å²) in [4.78, 5) is 23.7. The number of carbonyl (C=O) groups is 2. The van der Waals surface area contributed by atoms with Crippen LogP contribution in [0.25, 0.3) is 0 Å². The average molecular weight is 426 g/mol. The topological polar surface area (TPSA) is 118 Å². The zero-order valence-electron chi connectivity index (χ0n) is 13.0. The largest absolute Gasteiger partial charge is 0.350 e. The molecule has 0 spiro atoms. The molecule has 0 unspecified atom stereocenters. The first-order chi connectivity index (χ1) is 11.8. The van der Waals surface area contributed by atoms with Gasteiger partial charge in [-0.2, -0.15) is 0 Å². The molecule has 2 rings (SSSR count). The molecule has 0 radical (unpaired) electrons. The first-order valence-electron chi connectivity index (χ1n) is 7.18. The molecule has 0 aliphatic carbocycles. The molecule has 0 aromatic heterocycles. The fourth-order valence-electron chi connectivity index (χ4n) is 1.92. The van der Waals surface area contributed by atoms with Gasteiger partial charge in [0.25, 0.3) is 5.91 Å². The van der Waals surface area contributed by atoms with E-state index in [9.17, 15) is 18.0 Å². The molecule has 2 aromatic carbocycles. The van der Waals surface area contributed by atoms with Crippen molar-refractivity contribution in [3.8, 4) is 0 Å². The number of hydrogen-bond acceptors (Lipinski definition) is 4. The summed E-state index contributed by atoms with van der Waals surface area (Å²) in [5.41, 5.74) is 1.16. The maximum atomic E-state index is 11.9. The van der Waals surface area contributed by atoms with Crippen LogP contribution < -0.4 is 15.8 Å². The van der Waals surface area contributed by atoms with Gasteiger partial charge in [-0.05, 0) is 42.0 Å². The van der Waals surface area contributed by atoms with Crippen LogP contribution in [-0.2, 0) is 21.4 Å². The molecular formula is C16H16BrN3O4S. The average Bonchev–Trinajstić information content (AvgIpc) is 2.58. The van der Waals surface area contributed by atoms with E-state index in [1.165, 1.54) is 12.1 Å². The van der Waals surface area contributed by atoms with E-state index in [4.69, 9.17) is 5.14 Å². The van der Waals surface area contributed by atoms with Crippen molar-refractivity contribution in [1.82, 2.24) is 10.6 Å². The van der Waals surface area contributed by atoms with Gasteiger partial charge in [-0.15, -0.1) is 0 Å². The number of hydrogen-bond donors (Lipinski definition) is 3. The van der Waals surface area contributed by atoms with E-state index < -0.39 is 10.0 Å². The summed E-state index contributed by atoms with van der Waals surface area (Å²) < 4.78 is 23.2. The molecule has 132 valence electrons. The Labute approximate surface area is 153 Å². The molecule has 0 aliphatic heterocycles. The Morgan fingerprint density at radius 1 is 0.960 bits per heavy atom. The lowest BCUT2D eigenvalue weighted by Gasteiger charge is -2.08. The van der Waals surface area contributed by atoms with Crippen molar-refractivity contribution in [2.75, 3.05) is 6.54 Å². The lowest BCUT2D eigenvalue weighted by Crippen LogP contribution is -2.36. The number of nitrogens with one attached hydrogen (secondary N) is 2. The summed E-state index contributed by atoms with van der Waals surface area (Å²) in [6.07, 6.45) is 0. The standard InChI is InChI=1S/C16H16BrN3O4S/c17-13-5-3-12(4-6-13)16(22)20-10-15(21)19-9-11-1-7-14(8-2-11)25(18,23)24/h1-8H,9-10H2,(H,19,21)(H,20,22)(H2,18,23,24). The number of primary sulfonamides is 1. The summed E-state index contributed by atoms with van der Waals surface area (Å²) in [6, 6.07) is 12.6. The summed E-state index contributed by atoms with van der Waals surface area (Å²) in [5.74, 6) is -0.707. The molecule has 25 heavy (non-hydrogen) atoms. The van der Waals surface area contributed by atoms with Crippen LogP contribution in [0.2, 0.25) is 0 Å². The van der Waals surface area contributed by atoms with Crippen LogP contribution >= 0.6 is 15.9 Å². The first kappa shape index (κ1) is 19.1. The van der Waals surface area contributed by atoms with Crippen molar-refractivity contribution in [3.05, 3.63) is 64.1 Å². The van der Waals surface area contributed by atoms with Gasteiger partial charge in [0.1, 0.15) is 0 Å². The number of rotatable bonds is 6. The van der Waals surface area contributed by atoms with E-state index in [1.54, 1.807) is 36.4 Å². The highest BCUT2D eigenvalue weighted by atomic mass is 79.9. The molecular weight excluding hydrogens is 410 g/mol. The molecule has 7 nitrogen and oxygen atoms in total. The highest BCUT2D eigenvalue weighted by molar-refractivity contribution is 9.10. The minimum Gasteiger partial charge on any atom is -0.350 e. The van der Waals surface area contributed by atoms with Crippen LogP contribution in [0.1, 0.15) is 15.9 Å². The molecule has 2 aromatic rings. The second-order valence-electron chi connectivity index (χ2n) is 5.16. The van der Waals surface area contributed by atoms with E-state index in [0.29, 0.717) is 11.1 Å². The van der Waals surface area contributed by atoms with Gasteiger partial charge in [0.05, 0.1) is 11.4 Å². The predicted octanol–water partition coefficient (Wildman–Crippen LogP) is 1.14. The highest BCUT2D eigenvalue weighted by Gasteiger charge is 2.09. The molecule has 0 fully saturated rings. The summed E-state index contributed by atoms with van der Waals surface area (Å²) in [7, 11) is -3.74. The molecule has 0 saturated carbocycles. The fourth-order valence-corrected chi connectivity index (χ4v) is 2.70. The van der Waals surface area contributed by atoms with E-state index >= 15 is 0 Å². The van der Waals surface area contributed by atoms with Gasteiger partial charge in [0, 0.05) is 16.6 Å². The Morgan fingerprint density at radius 2 is 1.56 bits per heavy atom. The zero-order valence-corrected chi connectivity index (χ0v) is 15.4. The highest BCUT2D eigenvalue weighted by Crippen LogP contribution is 2.10. The Hall–Kier alpha value is -2.23. The van der Waals surface area contributed by atoms with Crippen LogP contribution in [0.15, 0.2) is 57.9 Å². The third kappa shape index (κ3) is 5.96. The number of benzene rings is 2. The Kier molecular flexibility index (Phi) is 6.29. The number of halogens is 1. The maximum absolute atomic E-state index is 11.9. The number of sulfonamides is 1. The lowest BCUT2D eigenvalue weighted by atomic mass is 10.2. The SMILES string of the molecule is NS(=O)(=O)c1ccc(CNC(=O)CNC(=O)c2ccc(Br)cc2)cc1. The van der Waals surface area contributed by atoms with Gasteiger partial charge in [0.2, 0.25) is 15.9 Å². The number of carbonyl (C=O) groups excluding carboxylic acids is 2.